The van der Waals surface area contributed by atoms with Crippen molar-refractivity contribution in [2.24, 2.45) is 0 Å². The molecule has 0 aliphatic heterocycles. The molecule has 2 amide bonds. The maximum Gasteiger partial charge on any atom is 0.319 e. The summed E-state index contributed by atoms with van der Waals surface area (Å²) in [6, 6.07) is 13.0. The molecule has 2 rings (SSSR count). The van der Waals surface area contributed by atoms with Gasteiger partial charge < -0.3 is 10.6 Å². The van der Waals surface area contributed by atoms with E-state index in [1.807, 2.05) is 38.1 Å². The molecule has 2 N–H and O–H groups in total. The fourth-order valence-electron chi connectivity index (χ4n) is 1.92. The van der Waals surface area contributed by atoms with Crippen molar-refractivity contribution in [3.63, 3.8) is 0 Å². The molecule has 3 nitrogen and oxygen atoms in total. The Morgan fingerprint density at radius 2 is 1.62 bits per heavy atom. The van der Waals surface area contributed by atoms with E-state index < -0.39 is 5.54 Å². The van der Waals surface area contributed by atoms with Crippen LogP contribution in [0.2, 0.25) is 0 Å². The molecule has 5 heteroatoms. The zero-order valence-corrected chi connectivity index (χ0v) is 13.4. The van der Waals surface area contributed by atoms with Gasteiger partial charge in [-0.25, -0.2) is 9.18 Å². The van der Waals surface area contributed by atoms with Crippen LogP contribution in [0.1, 0.15) is 19.4 Å². The third kappa shape index (κ3) is 4.29. The zero-order valence-electron chi connectivity index (χ0n) is 11.8. The summed E-state index contributed by atoms with van der Waals surface area (Å²) in [6.45, 7) is 3.83. The molecular formula is C16H16BrFN2O. The summed E-state index contributed by atoms with van der Waals surface area (Å²) in [7, 11) is 0. The van der Waals surface area contributed by atoms with Crippen LogP contribution >= 0.6 is 15.9 Å². The molecule has 110 valence electrons. The lowest BCUT2D eigenvalue weighted by Gasteiger charge is -2.27. The van der Waals surface area contributed by atoms with Crippen LogP contribution in [0.4, 0.5) is 14.9 Å². The summed E-state index contributed by atoms with van der Waals surface area (Å²) in [5.74, 6) is -0.337. The first-order valence-corrected chi connectivity index (χ1v) is 7.27. The van der Waals surface area contributed by atoms with E-state index in [0.29, 0.717) is 5.69 Å². The van der Waals surface area contributed by atoms with Crippen molar-refractivity contribution >= 4 is 27.6 Å². The van der Waals surface area contributed by atoms with Gasteiger partial charge in [-0.05, 0) is 55.8 Å². The summed E-state index contributed by atoms with van der Waals surface area (Å²) >= 11 is 3.38. The van der Waals surface area contributed by atoms with Crippen LogP contribution in [0.5, 0.6) is 0 Å². The van der Waals surface area contributed by atoms with E-state index in [2.05, 4.69) is 26.6 Å². The van der Waals surface area contributed by atoms with Crippen molar-refractivity contribution in [3.05, 3.63) is 64.4 Å². The first-order valence-electron chi connectivity index (χ1n) is 6.47. The summed E-state index contributed by atoms with van der Waals surface area (Å²) in [5, 5.41) is 5.58. The summed E-state index contributed by atoms with van der Waals surface area (Å²) < 4.78 is 13.8. The van der Waals surface area contributed by atoms with Crippen molar-refractivity contribution in [2.75, 3.05) is 5.32 Å². The number of urea groups is 1. The first-order chi connectivity index (χ1) is 9.87. The molecule has 0 aliphatic carbocycles. The first kappa shape index (κ1) is 15.5. The molecule has 0 saturated heterocycles. The van der Waals surface area contributed by atoms with Crippen LogP contribution in [0, 0.1) is 5.82 Å². The summed E-state index contributed by atoms with van der Waals surface area (Å²) in [4.78, 5) is 12.0. The van der Waals surface area contributed by atoms with Gasteiger partial charge in [0, 0.05) is 10.2 Å². The summed E-state index contributed by atoms with van der Waals surface area (Å²) in [6.07, 6.45) is 0. The number of amides is 2. The quantitative estimate of drug-likeness (QED) is 0.831. The second-order valence-corrected chi connectivity index (χ2v) is 6.13. The Hall–Kier alpha value is -1.88. The highest BCUT2D eigenvalue weighted by atomic mass is 79.9. The monoisotopic (exact) mass is 350 g/mol. The van der Waals surface area contributed by atoms with Gasteiger partial charge in [-0.2, -0.15) is 0 Å². The van der Waals surface area contributed by atoms with Crippen LogP contribution in [-0.2, 0) is 5.54 Å². The number of anilines is 1. The number of carbonyl (C=O) groups excluding carboxylic acids is 1. The molecule has 0 atom stereocenters. The number of nitrogens with one attached hydrogen (secondary N) is 2. The van der Waals surface area contributed by atoms with Crippen molar-refractivity contribution in [3.8, 4) is 0 Å². The van der Waals surface area contributed by atoms with Gasteiger partial charge in [-0.3, -0.25) is 0 Å². The second-order valence-electron chi connectivity index (χ2n) is 5.22. The van der Waals surface area contributed by atoms with Crippen LogP contribution in [0.25, 0.3) is 0 Å². The van der Waals surface area contributed by atoms with Gasteiger partial charge in [-0.15, -0.1) is 0 Å². The van der Waals surface area contributed by atoms with Crippen molar-refractivity contribution in [1.82, 2.24) is 5.32 Å². The Bertz CT molecular complexity index is 624. The smallest absolute Gasteiger partial charge is 0.319 e. The molecule has 0 fully saturated rings. The van der Waals surface area contributed by atoms with E-state index in [1.54, 1.807) is 0 Å². The Balaban J connectivity index is 2.03. The van der Waals surface area contributed by atoms with Gasteiger partial charge in [0.05, 0.1) is 5.54 Å². The molecule has 0 saturated carbocycles. The van der Waals surface area contributed by atoms with E-state index in [4.69, 9.17) is 0 Å². The predicted molar refractivity (Wildman–Crippen MR) is 85.7 cm³/mol. The molecule has 0 radical (unpaired) electrons. The third-order valence-corrected chi connectivity index (χ3v) is 3.62. The molecule has 0 heterocycles. The number of benzene rings is 2. The molecular weight excluding hydrogens is 335 g/mol. The van der Waals surface area contributed by atoms with Crippen LogP contribution in [0.15, 0.2) is 53.0 Å². The van der Waals surface area contributed by atoms with Crippen LogP contribution < -0.4 is 10.6 Å². The molecule has 0 unspecified atom stereocenters. The standard InChI is InChI=1S/C16H16BrFN2O/c1-16(2,11-3-5-12(17)6-4-11)20-15(21)19-14-9-7-13(18)8-10-14/h3-10H,1-2H3,(H2,19,20,21). The van der Waals surface area contributed by atoms with Gasteiger partial charge >= 0.3 is 6.03 Å². The highest BCUT2D eigenvalue weighted by Crippen LogP contribution is 2.22. The van der Waals surface area contributed by atoms with Gasteiger partial charge in [-0.1, -0.05) is 28.1 Å². The highest BCUT2D eigenvalue weighted by Gasteiger charge is 2.22. The predicted octanol–water partition coefficient (Wildman–Crippen LogP) is 4.65. The van der Waals surface area contributed by atoms with Crippen LogP contribution in [-0.4, -0.2) is 6.03 Å². The molecule has 2 aromatic rings. The molecule has 21 heavy (non-hydrogen) atoms. The van der Waals surface area contributed by atoms with Crippen molar-refractivity contribution < 1.29 is 9.18 Å². The number of hydrogen-bond donors (Lipinski definition) is 2. The lowest BCUT2D eigenvalue weighted by Crippen LogP contribution is -2.43. The SMILES string of the molecule is CC(C)(NC(=O)Nc1ccc(F)cc1)c1ccc(Br)cc1. The van der Waals surface area contributed by atoms with E-state index in [1.165, 1.54) is 24.3 Å². The maximum absolute atomic E-state index is 12.8. The maximum atomic E-state index is 12.8. The average Bonchev–Trinajstić information content (AvgIpc) is 2.41. The van der Waals surface area contributed by atoms with Gasteiger partial charge in [0.25, 0.3) is 0 Å². The van der Waals surface area contributed by atoms with Gasteiger partial charge in [0.2, 0.25) is 0 Å². The van der Waals surface area contributed by atoms with E-state index in [-0.39, 0.29) is 11.8 Å². The Kier molecular flexibility index (Phi) is 4.63. The van der Waals surface area contributed by atoms with E-state index in [9.17, 15) is 9.18 Å². The number of halogens is 2. The Morgan fingerprint density at radius 1 is 1.05 bits per heavy atom. The lowest BCUT2D eigenvalue weighted by atomic mass is 9.95. The largest absolute Gasteiger partial charge is 0.329 e. The minimum absolute atomic E-state index is 0.337. The Morgan fingerprint density at radius 3 is 2.19 bits per heavy atom. The van der Waals surface area contributed by atoms with Crippen molar-refractivity contribution in [1.29, 1.82) is 0 Å². The van der Waals surface area contributed by atoms with Gasteiger partial charge in [0.1, 0.15) is 5.82 Å². The Labute approximate surface area is 131 Å². The normalized spacial score (nSPS) is 11.0. The van der Waals surface area contributed by atoms with Gasteiger partial charge in [0.15, 0.2) is 0 Å². The molecule has 0 aliphatic rings. The minimum Gasteiger partial charge on any atom is -0.329 e. The molecule has 0 bridgehead atoms. The topological polar surface area (TPSA) is 41.1 Å². The van der Waals surface area contributed by atoms with E-state index >= 15 is 0 Å². The third-order valence-electron chi connectivity index (χ3n) is 3.09. The minimum atomic E-state index is -0.523. The summed E-state index contributed by atoms with van der Waals surface area (Å²) in [5.41, 5.74) is 1.01. The highest BCUT2D eigenvalue weighted by molar-refractivity contribution is 9.10. The lowest BCUT2D eigenvalue weighted by molar-refractivity contribution is 0.242. The van der Waals surface area contributed by atoms with Crippen molar-refractivity contribution in [2.45, 2.75) is 19.4 Å². The fourth-order valence-corrected chi connectivity index (χ4v) is 2.18. The second kappa shape index (κ2) is 6.26. The number of carbonyl (C=O) groups is 1. The molecule has 0 spiro atoms. The zero-order chi connectivity index (χ0) is 15.5. The molecule has 0 aromatic heterocycles. The molecule has 2 aromatic carbocycles. The van der Waals surface area contributed by atoms with Crippen LogP contribution in [0.3, 0.4) is 0 Å². The van der Waals surface area contributed by atoms with E-state index in [0.717, 1.165) is 10.0 Å². The number of rotatable bonds is 3. The fraction of sp³-hybridized carbons (Fsp3) is 0.188. The average molecular weight is 351 g/mol. The number of hydrogen-bond acceptors (Lipinski definition) is 1.